The molecule has 0 spiro atoms. The lowest BCUT2D eigenvalue weighted by Crippen LogP contribution is -2.14. The molecule has 1 aromatic heterocycles. The van der Waals surface area contributed by atoms with E-state index in [0.29, 0.717) is 39.7 Å². The van der Waals surface area contributed by atoms with Crippen molar-refractivity contribution < 1.29 is 13.9 Å². The van der Waals surface area contributed by atoms with E-state index in [2.05, 4.69) is 15.5 Å². The van der Waals surface area contributed by atoms with Gasteiger partial charge in [0.05, 0.1) is 17.9 Å². The molecule has 6 nitrogen and oxygen atoms in total. The zero-order chi connectivity index (χ0) is 21.5. The summed E-state index contributed by atoms with van der Waals surface area (Å²) in [7, 11) is 0. The number of carbonyl (C=O) groups excluding carboxylic acids is 1. The van der Waals surface area contributed by atoms with Crippen molar-refractivity contribution in [2.75, 3.05) is 11.1 Å². The molecule has 1 heterocycles. The SMILES string of the molecule is O=C(CSc1nnc(Cc2ccccc2)o1)Nc1cc(Cl)ccc1Oc1ccccc1. The third-order valence-corrected chi connectivity index (χ3v) is 5.21. The van der Waals surface area contributed by atoms with Gasteiger partial charge in [-0.15, -0.1) is 10.2 Å². The van der Waals surface area contributed by atoms with Crippen molar-refractivity contribution in [3.05, 3.63) is 95.3 Å². The van der Waals surface area contributed by atoms with Gasteiger partial charge in [-0.1, -0.05) is 71.9 Å². The zero-order valence-electron chi connectivity index (χ0n) is 16.3. The highest BCUT2D eigenvalue weighted by atomic mass is 35.5. The molecule has 4 aromatic rings. The molecule has 31 heavy (non-hydrogen) atoms. The van der Waals surface area contributed by atoms with Gasteiger partial charge in [-0.2, -0.15) is 0 Å². The second kappa shape index (κ2) is 10.1. The van der Waals surface area contributed by atoms with Crippen LogP contribution in [0.3, 0.4) is 0 Å². The second-order valence-electron chi connectivity index (χ2n) is 6.52. The Morgan fingerprint density at radius 3 is 2.52 bits per heavy atom. The van der Waals surface area contributed by atoms with Gasteiger partial charge in [-0.25, -0.2) is 0 Å². The fourth-order valence-electron chi connectivity index (χ4n) is 2.76. The van der Waals surface area contributed by atoms with E-state index in [0.717, 1.165) is 5.56 Å². The Labute approximate surface area is 188 Å². The maximum absolute atomic E-state index is 12.5. The zero-order valence-corrected chi connectivity index (χ0v) is 17.9. The number of carbonyl (C=O) groups is 1. The largest absolute Gasteiger partial charge is 0.455 e. The van der Waals surface area contributed by atoms with Crippen LogP contribution < -0.4 is 10.1 Å². The molecule has 0 saturated carbocycles. The first-order valence-corrected chi connectivity index (χ1v) is 10.8. The van der Waals surface area contributed by atoms with Gasteiger partial charge in [0.2, 0.25) is 11.8 Å². The van der Waals surface area contributed by atoms with Crippen LogP contribution in [0.4, 0.5) is 5.69 Å². The summed E-state index contributed by atoms with van der Waals surface area (Å²) in [6.45, 7) is 0. The minimum atomic E-state index is -0.243. The van der Waals surface area contributed by atoms with Crippen LogP contribution in [0.25, 0.3) is 0 Å². The van der Waals surface area contributed by atoms with Crippen molar-refractivity contribution in [1.29, 1.82) is 0 Å². The fraction of sp³-hybridized carbons (Fsp3) is 0.0870. The van der Waals surface area contributed by atoms with Crippen molar-refractivity contribution in [3.63, 3.8) is 0 Å². The third-order valence-electron chi connectivity index (χ3n) is 4.16. The molecule has 0 aliphatic rings. The molecule has 4 rings (SSSR count). The summed E-state index contributed by atoms with van der Waals surface area (Å²) in [6, 6.07) is 24.2. The molecule has 0 aliphatic heterocycles. The number of hydrogen-bond acceptors (Lipinski definition) is 6. The van der Waals surface area contributed by atoms with Crippen molar-refractivity contribution >= 4 is 35.0 Å². The van der Waals surface area contributed by atoms with Crippen molar-refractivity contribution in [3.8, 4) is 11.5 Å². The summed E-state index contributed by atoms with van der Waals surface area (Å²) < 4.78 is 11.5. The maximum atomic E-state index is 12.5. The fourth-order valence-corrected chi connectivity index (χ4v) is 3.51. The van der Waals surface area contributed by atoms with Crippen LogP contribution in [0, 0.1) is 0 Å². The van der Waals surface area contributed by atoms with E-state index in [-0.39, 0.29) is 11.7 Å². The molecule has 8 heteroatoms. The summed E-state index contributed by atoms with van der Waals surface area (Å²) in [4.78, 5) is 12.5. The Morgan fingerprint density at radius 2 is 1.74 bits per heavy atom. The number of rotatable bonds is 8. The van der Waals surface area contributed by atoms with E-state index < -0.39 is 0 Å². The first-order valence-electron chi connectivity index (χ1n) is 9.47. The van der Waals surface area contributed by atoms with Gasteiger partial charge in [0, 0.05) is 5.02 Å². The van der Waals surface area contributed by atoms with E-state index in [1.54, 1.807) is 18.2 Å². The normalized spacial score (nSPS) is 10.6. The predicted molar refractivity (Wildman–Crippen MR) is 121 cm³/mol. The highest BCUT2D eigenvalue weighted by Crippen LogP contribution is 2.32. The van der Waals surface area contributed by atoms with Gasteiger partial charge in [0.1, 0.15) is 5.75 Å². The lowest BCUT2D eigenvalue weighted by Gasteiger charge is -2.12. The molecule has 3 aromatic carbocycles. The summed E-state index contributed by atoms with van der Waals surface area (Å²) in [5.74, 6) is 1.52. The van der Waals surface area contributed by atoms with Gasteiger partial charge in [0.15, 0.2) is 5.75 Å². The number of aromatic nitrogens is 2. The van der Waals surface area contributed by atoms with Crippen LogP contribution >= 0.6 is 23.4 Å². The highest BCUT2D eigenvalue weighted by Gasteiger charge is 2.13. The molecular weight excluding hydrogens is 434 g/mol. The molecule has 0 atom stereocenters. The highest BCUT2D eigenvalue weighted by molar-refractivity contribution is 7.99. The number of nitrogens with one attached hydrogen (secondary N) is 1. The van der Waals surface area contributed by atoms with Gasteiger partial charge >= 0.3 is 0 Å². The molecule has 156 valence electrons. The van der Waals surface area contributed by atoms with Crippen molar-refractivity contribution in [2.24, 2.45) is 0 Å². The Balaban J connectivity index is 1.35. The first kappa shape index (κ1) is 21.0. The van der Waals surface area contributed by atoms with Crippen LogP contribution in [0.5, 0.6) is 11.5 Å². The van der Waals surface area contributed by atoms with E-state index in [1.807, 2.05) is 60.7 Å². The predicted octanol–water partition coefficient (Wildman–Crippen LogP) is 5.84. The molecule has 0 saturated heterocycles. The summed E-state index contributed by atoms with van der Waals surface area (Å²) in [5.41, 5.74) is 1.56. The van der Waals surface area contributed by atoms with Crippen molar-refractivity contribution in [2.45, 2.75) is 11.6 Å². The quantitative estimate of drug-likeness (QED) is 0.339. The number of ether oxygens (including phenoxy) is 1. The van der Waals surface area contributed by atoms with E-state index in [1.165, 1.54) is 11.8 Å². The van der Waals surface area contributed by atoms with Gasteiger partial charge < -0.3 is 14.5 Å². The second-order valence-corrected chi connectivity index (χ2v) is 7.88. The smallest absolute Gasteiger partial charge is 0.277 e. The van der Waals surface area contributed by atoms with Crippen molar-refractivity contribution in [1.82, 2.24) is 10.2 Å². The molecule has 0 bridgehead atoms. The van der Waals surface area contributed by atoms with Gasteiger partial charge in [0.25, 0.3) is 5.22 Å². The molecule has 0 aliphatic carbocycles. The van der Waals surface area contributed by atoms with Crippen LogP contribution in [0.2, 0.25) is 5.02 Å². The number of nitrogens with zero attached hydrogens (tertiary/aromatic N) is 2. The third kappa shape index (κ3) is 6.10. The minimum Gasteiger partial charge on any atom is -0.455 e. The van der Waals surface area contributed by atoms with Crippen LogP contribution in [-0.2, 0) is 11.2 Å². The van der Waals surface area contributed by atoms with E-state index in [4.69, 9.17) is 20.8 Å². The number of hydrogen-bond donors (Lipinski definition) is 1. The first-order chi connectivity index (χ1) is 15.2. The lowest BCUT2D eigenvalue weighted by molar-refractivity contribution is -0.113. The number of para-hydroxylation sites is 1. The molecule has 0 unspecified atom stereocenters. The number of anilines is 1. The van der Waals surface area contributed by atoms with Gasteiger partial charge in [-0.3, -0.25) is 4.79 Å². The molecule has 0 fully saturated rings. The monoisotopic (exact) mass is 451 g/mol. The van der Waals surface area contributed by atoms with E-state index in [9.17, 15) is 4.79 Å². The molecule has 1 N–H and O–H groups in total. The summed E-state index contributed by atoms with van der Waals surface area (Å²) >= 11 is 7.27. The Bertz CT molecular complexity index is 1150. The number of thioether (sulfide) groups is 1. The Morgan fingerprint density at radius 1 is 1.00 bits per heavy atom. The van der Waals surface area contributed by atoms with Gasteiger partial charge in [-0.05, 0) is 35.9 Å². The minimum absolute atomic E-state index is 0.101. The average molecular weight is 452 g/mol. The molecular formula is C23H18ClN3O3S. The summed E-state index contributed by atoms with van der Waals surface area (Å²) in [6.07, 6.45) is 0.545. The van der Waals surface area contributed by atoms with Crippen LogP contribution in [0.1, 0.15) is 11.5 Å². The molecule has 1 amide bonds. The standard InChI is InChI=1S/C23H18ClN3O3S/c24-17-11-12-20(29-18-9-5-2-6-10-18)19(14-17)25-21(28)15-31-23-27-26-22(30-23)13-16-7-3-1-4-8-16/h1-12,14H,13,15H2,(H,25,28). The average Bonchev–Trinajstić information content (AvgIpc) is 3.23. The Hall–Kier alpha value is -3.29. The van der Waals surface area contributed by atoms with Crippen LogP contribution in [-0.4, -0.2) is 21.9 Å². The molecule has 0 radical (unpaired) electrons. The topological polar surface area (TPSA) is 77.2 Å². The number of benzene rings is 3. The maximum Gasteiger partial charge on any atom is 0.277 e. The van der Waals surface area contributed by atoms with Crippen LogP contribution in [0.15, 0.2) is 88.5 Å². The van der Waals surface area contributed by atoms with E-state index >= 15 is 0 Å². The number of halogens is 1. The summed E-state index contributed by atoms with van der Waals surface area (Å²) in [5, 5.41) is 11.7. The lowest BCUT2D eigenvalue weighted by atomic mass is 10.2. The Kier molecular flexibility index (Phi) is 6.86. The number of amides is 1.